The molecule has 10 nitrogen and oxygen atoms in total. The van der Waals surface area contributed by atoms with Gasteiger partial charge in [-0.05, 0) is 49.0 Å². The van der Waals surface area contributed by atoms with Crippen LogP contribution in [0.3, 0.4) is 0 Å². The Bertz CT molecular complexity index is 1760. The van der Waals surface area contributed by atoms with Gasteiger partial charge in [-0.3, -0.25) is 9.63 Å². The van der Waals surface area contributed by atoms with Gasteiger partial charge in [0.15, 0.2) is 5.82 Å². The molecule has 6 rings (SSSR count). The summed E-state index contributed by atoms with van der Waals surface area (Å²) in [6.07, 6.45) is 3.57. The molecule has 2 aliphatic heterocycles. The number of piperazine rings is 1. The van der Waals surface area contributed by atoms with Crippen LogP contribution < -0.4 is 25.3 Å². The van der Waals surface area contributed by atoms with E-state index >= 15 is 0 Å². The Hall–Kier alpha value is -5.37. The minimum Gasteiger partial charge on any atom is -0.494 e. The standard InChI is InChI=1S/C36H37N7O3/c1-4-36(44)40-29-22-30(33(45-3)23-32(29)42-18-16-41(2)17-19-42)39-34-24-35(38-25-37-34)43-31(15-20-46-43)28-12-8-11-27(21-28)14-13-26-9-6-5-7-10-26/h4-12,21-25,31H,1,15-20H2,2-3H3,(H,40,44)(H,37,38,39). The zero-order chi connectivity index (χ0) is 31.9. The number of methoxy groups -OCH3 is 1. The monoisotopic (exact) mass is 615 g/mol. The summed E-state index contributed by atoms with van der Waals surface area (Å²) in [5.41, 5.74) is 5.19. The highest BCUT2D eigenvalue weighted by Gasteiger charge is 2.29. The van der Waals surface area contributed by atoms with Crippen molar-refractivity contribution in [2.75, 3.05) is 67.5 Å². The van der Waals surface area contributed by atoms with Crippen LogP contribution in [0.1, 0.15) is 29.2 Å². The normalized spacial score (nSPS) is 16.3. The first kappa shape index (κ1) is 30.6. The largest absolute Gasteiger partial charge is 0.494 e. The zero-order valence-corrected chi connectivity index (χ0v) is 26.1. The van der Waals surface area contributed by atoms with Crippen molar-refractivity contribution in [1.82, 2.24) is 14.9 Å². The Kier molecular flexibility index (Phi) is 9.43. The molecule has 1 unspecified atom stereocenters. The number of anilines is 5. The van der Waals surface area contributed by atoms with Crippen LogP contribution in [0.5, 0.6) is 5.75 Å². The minimum absolute atomic E-state index is 0.0423. The number of hydroxylamine groups is 1. The third kappa shape index (κ3) is 7.12. The molecular formula is C36H37N7O3. The van der Waals surface area contributed by atoms with Crippen molar-refractivity contribution < 1.29 is 14.4 Å². The molecule has 46 heavy (non-hydrogen) atoms. The van der Waals surface area contributed by atoms with Crippen LogP contribution in [0.4, 0.5) is 28.7 Å². The molecule has 2 aliphatic rings. The fraction of sp³-hybridized carbons (Fsp3) is 0.250. The van der Waals surface area contributed by atoms with Crippen molar-refractivity contribution in [2.45, 2.75) is 12.5 Å². The maximum absolute atomic E-state index is 12.4. The van der Waals surface area contributed by atoms with Gasteiger partial charge in [0.1, 0.15) is 17.9 Å². The molecule has 0 radical (unpaired) electrons. The topological polar surface area (TPSA) is 95.1 Å². The number of amides is 1. The van der Waals surface area contributed by atoms with Crippen LogP contribution in [0.25, 0.3) is 0 Å². The quantitative estimate of drug-likeness (QED) is 0.200. The molecule has 234 valence electrons. The average molecular weight is 616 g/mol. The summed E-state index contributed by atoms with van der Waals surface area (Å²) in [5.74, 6) is 8.02. The number of benzene rings is 3. The lowest BCUT2D eigenvalue weighted by atomic mass is 10.0. The van der Waals surface area contributed by atoms with Crippen molar-refractivity contribution in [3.63, 3.8) is 0 Å². The Morgan fingerprint density at radius 1 is 0.978 bits per heavy atom. The number of aromatic nitrogens is 2. The summed E-state index contributed by atoms with van der Waals surface area (Å²) in [4.78, 5) is 32.0. The predicted octanol–water partition coefficient (Wildman–Crippen LogP) is 5.39. The molecule has 2 N–H and O–H groups in total. The maximum Gasteiger partial charge on any atom is 0.247 e. The lowest BCUT2D eigenvalue weighted by molar-refractivity contribution is -0.111. The first-order valence-corrected chi connectivity index (χ1v) is 15.3. The molecule has 10 heteroatoms. The summed E-state index contributed by atoms with van der Waals surface area (Å²) < 4.78 is 5.80. The van der Waals surface area contributed by atoms with E-state index in [1.807, 2.05) is 65.7 Å². The molecule has 3 heterocycles. The highest BCUT2D eigenvalue weighted by molar-refractivity contribution is 6.02. The van der Waals surface area contributed by atoms with E-state index in [4.69, 9.17) is 9.57 Å². The van der Waals surface area contributed by atoms with E-state index in [0.717, 1.165) is 55.0 Å². The van der Waals surface area contributed by atoms with Gasteiger partial charge in [-0.1, -0.05) is 48.8 Å². The highest BCUT2D eigenvalue weighted by atomic mass is 16.7. The average Bonchev–Trinajstić information content (AvgIpc) is 3.59. The highest BCUT2D eigenvalue weighted by Crippen LogP contribution is 2.40. The van der Waals surface area contributed by atoms with E-state index in [1.165, 1.54) is 12.4 Å². The third-order valence-electron chi connectivity index (χ3n) is 8.05. The summed E-state index contributed by atoms with van der Waals surface area (Å²) in [6.45, 7) is 7.69. The SMILES string of the molecule is C=CC(=O)Nc1cc(Nc2cc(N3OCCC3c3cccc(C#Cc4ccccc4)c3)ncn2)c(OC)cc1N1CCN(C)CC1. The number of likely N-dealkylation sites (N-methyl/N-ethyl adjacent to an activating group) is 1. The molecular weight excluding hydrogens is 578 g/mol. The van der Waals surface area contributed by atoms with Gasteiger partial charge in [-0.25, -0.2) is 15.0 Å². The van der Waals surface area contributed by atoms with E-state index in [9.17, 15) is 4.79 Å². The van der Waals surface area contributed by atoms with Crippen molar-refractivity contribution in [2.24, 2.45) is 0 Å². The lowest BCUT2D eigenvalue weighted by Crippen LogP contribution is -2.44. The molecule has 1 aromatic heterocycles. The Morgan fingerprint density at radius 3 is 2.54 bits per heavy atom. The van der Waals surface area contributed by atoms with E-state index in [0.29, 0.717) is 35.4 Å². The third-order valence-corrected chi connectivity index (χ3v) is 8.05. The van der Waals surface area contributed by atoms with Crippen LogP contribution >= 0.6 is 0 Å². The van der Waals surface area contributed by atoms with E-state index in [1.54, 1.807) is 7.11 Å². The Morgan fingerprint density at radius 2 is 1.76 bits per heavy atom. The van der Waals surface area contributed by atoms with Gasteiger partial charge in [0.05, 0.1) is 36.8 Å². The van der Waals surface area contributed by atoms with Crippen molar-refractivity contribution >= 4 is 34.6 Å². The van der Waals surface area contributed by atoms with Gasteiger partial charge in [0, 0.05) is 55.9 Å². The second kappa shape index (κ2) is 14.2. The molecule has 4 aromatic rings. The van der Waals surface area contributed by atoms with Gasteiger partial charge >= 0.3 is 0 Å². The van der Waals surface area contributed by atoms with Crippen LogP contribution in [0, 0.1) is 11.8 Å². The van der Waals surface area contributed by atoms with Crippen LogP contribution in [0.15, 0.2) is 91.8 Å². The smallest absolute Gasteiger partial charge is 0.247 e. The number of ether oxygens (including phenoxy) is 1. The molecule has 3 aromatic carbocycles. The lowest BCUT2D eigenvalue weighted by Gasteiger charge is -2.35. The first-order valence-electron chi connectivity index (χ1n) is 15.3. The number of nitrogens with one attached hydrogen (secondary N) is 2. The predicted molar refractivity (Wildman–Crippen MR) is 181 cm³/mol. The molecule has 1 amide bonds. The molecule has 0 aliphatic carbocycles. The Balaban J connectivity index is 1.25. The Labute approximate surface area is 269 Å². The van der Waals surface area contributed by atoms with Crippen LogP contribution in [-0.2, 0) is 9.63 Å². The minimum atomic E-state index is -0.289. The van der Waals surface area contributed by atoms with Gasteiger partial charge in [-0.15, -0.1) is 0 Å². The van der Waals surface area contributed by atoms with Gasteiger partial charge in [0.2, 0.25) is 5.91 Å². The number of hydrogen-bond acceptors (Lipinski definition) is 9. The number of carbonyl (C=O) groups is 1. The van der Waals surface area contributed by atoms with Gasteiger partial charge in [-0.2, -0.15) is 0 Å². The molecule has 2 saturated heterocycles. The van der Waals surface area contributed by atoms with E-state index in [-0.39, 0.29) is 11.9 Å². The van der Waals surface area contributed by atoms with E-state index in [2.05, 4.69) is 68.0 Å². The summed E-state index contributed by atoms with van der Waals surface area (Å²) in [7, 11) is 3.73. The molecule has 2 fully saturated rings. The summed E-state index contributed by atoms with van der Waals surface area (Å²) >= 11 is 0. The fourth-order valence-corrected chi connectivity index (χ4v) is 5.59. The summed E-state index contributed by atoms with van der Waals surface area (Å²) in [6, 6.07) is 23.8. The molecule has 0 bridgehead atoms. The fourth-order valence-electron chi connectivity index (χ4n) is 5.59. The zero-order valence-electron chi connectivity index (χ0n) is 26.1. The second-order valence-electron chi connectivity index (χ2n) is 11.1. The van der Waals surface area contributed by atoms with Crippen LogP contribution in [-0.4, -0.2) is 67.7 Å². The number of rotatable bonds is 8. The van der Waals surface area contributed by atoms with Crippen LogP contribution in [0.2, 0.25) is 0 Å². The molecule has 1 atom stereocenters. The summed E-state index contributed by atoms with van der Waals surface area (Å²) in [5, 5.41) is 8.18. The molecule has 0 saturated carbocycles. The maximum atomic E-state index is 12.4. The van der Waals surface area contributed by atoms with Gasteiger partial charge < -0.3 is 25.2 Å². The van der Waals surface area contributed by atoms with Crippen molar-refractivity contribution in [1.29, 1.82) is 0 Å². The number of nitrogens with zero attached hydrogens (tertiary/aromatic N) is 5. The number of hydrogen-bond donors (Lipinski definition) is 2. The van der Waals surface area contributed by atoms with E-state index < -0.39 is 0 Å². The van der Waals surface area contributed by atoms with Crippen molar-refractivity contribution in [3.05, 3.63) is 108 Å². The molecule has 0 spiro atoms. The first-order chi connectivity index (χ1) is 22.5. The number of carbonyl (C=O) groups excluding carboxylic acids is 1. The second-order valence-corrected chi connectivity index (χ2v) is 11.1. The van der Waals surface area contributed by atoms with Gasteiger partial charge in [0.25, 0.3) is 0 Å². The van der Waals surface area contributed by atoms with Crippen molar-refractivity contribution in [3.8, 4) is 17.6 Å².